The highest BCUT2D eigenvalue weighted by atomic mass is 32.1. The summed E-state index contributed by atoms with van der Waals surface area (Å²) < 4.78 is 0. The highest BCUT2D eigenvalue weighted by Crippen LogP contribution is 2.27. The Bertz CT molecular complexity index is 384. The Labute approximate surface area is 105 Å². The van der Waals surface area contributed by atoms with Crippen molar-refractivity contribution in [3.05, 3.63) is 11.1 Å². The van der Waals surface area contributed by atoms with Gasteiger partial charge in [-0.25, -0.2) is 4.98 Å². The smallest absolute Gasteiger partial charge is 0.303 e. The lowest BCUT2D eigenvalue weighted by Crippen LogP contribution is -2.33. The van der Waals surface area contributed by atoms with Gasteiger partial charge in [0.1, 0.15) is 0 Å². The molecule has 1 aliphatic heterocycles. The predicted octanol–water partition coefficient (Wildman–Crippen LogP) is 2.53. The molecule has 0 aromatic carbocycles. The molecule has 0 saturated carbocycles. The van der Waals surface area contributed by atoms with Crippen molar-refractivity contribution in [2.75, 3.05) is 18.0 Å². The molecular formula is C12H18N2O2S. The summed E-state index contributed by atoms with van der Waals surface area (Å²) in [5, 5.41) is 11.8. The van der Waals surface area contributed by atoms with Crippen LogP contribution in [0.2, 0.25) is 0 Å². The molecule has 0 aliphatic carbocycles. The topological polar surface area (TPSA) is 53.4 Å². The summed E-state index contributed by atoms with van der Waals surface area (Å²) in [6, 6.07) is 0. The summed E-state index contributed by atoms with van der Waals surface area (Å²) in [6.07, 6.45) is 3.30. The summed E-state index contributed by atoms with van der Waals surface area (Å²) >= 11 is 1.70. The van der Waals surface area contributed by atoms with Gasteiger partial charge in [-0.15, -0.1) is 11.3 Å². The number of carboxylic acid groups (broad SMARTS) is 1. The predicted molar refractivity (Wildman–Crippen MR) is 68.7 cm³/mol. The van der Waals surface area contributed by atoms with Gasteiger partial charge in [-0.2, -0.15) is 0 Å². The fourth-order valence-corrected chi connectivity index (χ4v) is 3.08. The van der Waals surface area contributed by atoms with Crippen molar-refractivity contribution in [1.82, 2.24) is 4.98 Å². The monoisotopic (exact) mass is 254 g/mol. The minimum Gasteiger partial charge on any atom is -0.481 e. The molecule has 94 valence electrons. The van der Waals surface area contributed by atoms with Crippen molar-refractivity contribution in [3.8, 4) is 0 Å². The molecule has 4 nitrogen and oxygen atoms in total. The zero-order valence-corrected chi connectivity index (χ0v) is 10.9. The van der Waals surface area contributed by atoms with E-state index in [0.717, 1.165) is 43.2 Å². The van der Waals surface area contributed by atoms with E-state index in [-0.39, 0.29) is 0 Å². The van der Waals surface area contributed by atoms with Gasteiger partial charge in [0.2, 0.25) is 0 Å². The molecule has 0 atom stereocenters. The molecule has 1 fully saturated rings. The van der Waals surface area contributed by atoms with Crippen molar-refractivity contribution >= 4 is 22.4 Å². The van der Waals surface area contributed by atoms with Gasteiger partial charge in [-0.3, -0.25) is 4.79 Å². The number of aryl methyl sites for hydroxylation is 1. The van der Waals surface area contributed by atoms with Crippen LogP contribution in [0.1, 0.15) is 31.4 Å². The van der Waals surface area contributed by atoms with Crippen LogP contribution in [0.5, 0.6) is 0 Å². The molecule has 1 N–H and O–H groups in total. The maximum atomic E-state index is 10.5. The maximum absolute atomic E-state index is 10.5. The number of carboxylic acids is 1. The Morgan fingerprint density at radius 3 is 2.82 bits per heavy atom. The Kier molecular flexibility index (Phi) is 3.99. The van der Waals surface area contributed by atoms with Crippen LogP contribution in [0.15, 0.2) is 5.38 Å². The number of aromatic nitrogens is 1. The van der Waals surface area contributed by atoms with E-state index in [0.29, 0.717) is 12.3 Å². The molecule has 1 aromatic rings. The Morgan fingerprint density at radius 2 is 2.29 bits per heavy atom. The first kappa shape index (κ1) is 12.4. The zero-order chi connectivity index (χ0) is 12.3. The van der Waals surface area contributed by atoms with Crippen molar-refractivity contribution in [3.63, 3.8) is 0 Å². The molecule has 1 saturated heterocycles. The number of aliphatic carboxylic acids is 1. The summed E-state index contributed by atoms with van der Waals surface area (Å²) in [5.74, 6) is -0.105. The molecule has 2 rings (SSSR count). The standard InChI is InChI=1S/C12H18N2O2S/c1-9-8-17-12(13-9)14-6-4-10(5-7-14)2-3-11(15)16/h8,10H,2-7H2,1H3,(H,15,16). The summed E-state index contributed by atoms with van der Waals surface area (Å²) in [7, 11) is 0. The molecule has 1 aliphatic rings. The highest BCUT2D eigenvalue weighted by molar-refractivity contribution is 7.13. The van der Waals surface area contributed by atoms with Crippen molar-refractivity contribution < 1.29 is 9.90 Å². The van der Waals surface area contributed by atoms with Crippen LogP contribution in [0.3, 0.4) is 0 Å². The van der Waals surface area contributed by atoms with Crippen LogP contribution in [0, 0.1) is 12.8 Å². The van der Waals surface area contributed by atoms with Crippen LogP contribution in [0.4, 0.5) is 5.13 Å². The van der Waals surface area contributed by atoms with Crippen molar-refractivity contribution in [2.24, 2.45) is 5.92 Å². The normalized spacial score (nSPS) is 17.4. The van der Waals surface area contributed by atoms with E-state index >= 15 is 0 Å². The van der Waals surface area contributed by atoms with Crippen LogP contribution in [-0.2, 0) is 4.79 Å². The second-order valence-corrected chi connectivity index (χ2v) is 5.47. The number of hydrogen-bond donors (Lipinski definition) is 1. The summed E-state index contributed by atoms with van der Waals surface area (Å²) in [6.45, 7) is 4.04. The van der Waals surface area contributed by atoms with Crippen LogP contribution in [-0.4, -0.2) is 29.1 Å². The first-order valence-corrected chi connectivity index (χ1v) is 6.92. The number of piperidine rings is 1. The lowest BCUT2D eigenvalue weighted by molar-refractivity contribution is -0.137. The lowest BCUT2D eigenvalue weighted by Gasteiger charge is -2.31. The van der Waals surface area contributed by atoms with Gasteiger partial charge >= 0.3 is 5.97 Å². The van der Waals surface area contributed by atoms with Gasteiger partial charge < -0.3 is 10.0 Å². The lowest BCUT2D eigenvalue weighted by atomic mass is 9.92. The minimum atomic E-state index is -0.678. The number of carbonyl (C=O) groups is 1. The first-order valence-electron chi connectivity index (χ1n) is 6.04. The van der Waals surface area contributed by atoms with E-state index in [9.17, 15) is 4.79 Å². The quantitative estimate of drug-likeness (QED) is 0.897. The second kappa shape index (κ2) is 5.49. The second-order valence-electron chi connectivity index (χ2n) is 4.63. The Morgan fingerprint density at radius 1 is 1.59 bits per heavy atom. The van der Waals surface area contributed by atoms with E-state index in [1.807, 2.05) is 6.92 Å². The van der Waals surface area contributed by atoms with E-state index in [1.54, 1.807) is 11.3 Å². The van der Waals surface area contributed by atoms with E-state index in [2.05, 4.69) is 15.3 Å². The Hall–Kier alpha value is -1.10. The number of anilines is 1. The molecule has 1 aromatic heterocycles. The molecule has 0 amide bonds. The number of hydrogen-bond acceptors (Lipinski definition) is 4. The van der Waals surface area contributed by atoms with E-state index < -0.39 is 5.97 Å². The molecule has 17 heavy (non-hydrogen) atoms. The van der Waals surface area contributed by atoms with Crippen molar-refractivity contribution in [2.45, 2.75) is 32.6 Å². The number of thiazole rings is 1. The van der Waals surface area contributed by atoms with Crippen molar-refractivity contribution in [1.29, 1.82) is 0 Å². The van der Waals surface area contributed by atoms with Crippen LogP contribution in [0.25, 0.3) is 0 Å². The molecule has 0 unspecified atom stereocenters. The largest absolute Gasteiger partial charge is 0.481 e. The molecule has 2 heterocycles. The first-order chi connectivity index (χ1) is 8.15. The maximum Gasteiger partial charge on any atom is 0.303 e. The van der Waals surface area contributed by atoms with Gasteiger partial charge in [-0.1, -0.05) is 0 Å². The number of rotatable bonds is 4. The third-order valence-corrected chi connectivity index (χ3v) is 4.28. The van der Waals surface area contributed by atoms with Crippen LogP contribution >= 0.6 is 11.3 Å². The summed E-state index contributed by atoms with van der Waals surface area (Å²) in [4.78, 5) is 17.3. The highest BCUT2D eigenvalue weighted by Gasteiger charge is 2.21. The molecule has 5 heteroatoms. The Balaban J connectivity index is 1.80. The molecule has 0 radical (unpaired) electrons. The van der Waals surface area contributed by atoms with Gasteiger partial charge in [0.25, 0.3) is 0 Å². The van der Waals surface area contributed by atoms with Gasteiger partial charge in [0.05, 0.1) is 5.69 Å². The number of nitrogens with zero attached hydrogens (tertiary/aromatic N) is 2. The fourth-order valence-electron chi connectivity index (χ4n) is 2.23. The zero-order valence-electron chi connectivity index (χ0n) is 10.1. The average molecular weight is 254 g/mol. The molecule has 0 bridgehead atoms. The van der Waals surface area contributed by atoms with Gasteiger partial charge in [-0.05, 0) is 32.1 Å². The fraction of sp³-hybridized carbons (Fsp3) is 0.667. The minimum absolute atomic E-state index is 0.307. The average Bonchev–Trinajstić information content (AvgIpc) is 2.74. The summed E-state index contributed by atoms with van der Waals surface area (Å²) in [5.41, 5.74) is 1.08. The van der Waals surface area contributed by atoms with Crippen LogP contribution < -0.4 is 4.90 Å². The van der Waals surface area contributed by atoms with Gasteiger partial charge in [0, 0.05) is 24.9 Å². The molecule has 0 spiro atoms. The van der Waals surface area contributed by atoms with E-state index in [4.69, 9.17) is 5.11 Å². The third-order valence-electron chi connectivity index (χ3n) is 3.26. The molecular weight excluding hydrogens is 236 g/mol. The SMILES string of the molecule is Cc1csc(N2CCC(CCC(=O)O)CC2)n1. The van der Waals surface area contributed by atoms with Gasteiger partial charge in [0.15, 0.2) is 5.13 Å². The van der Waals surface area contributed by atoms with E-state index in [1.165, 1.54) is 0 Å². The third kappa shape index (κ3) is 3.43.